The van der Waals surface area contributed by atoms with Crippen LogP contribution in [0, 0.1) is 0 Å². The second-order valence-electron chi connectivity index (χ2n) is 6.37. The van der Waals surface area contributed by atoms with Gasteiger partial charge in [-0.25, -0.2) is 9.59 Å². The Bertz CT molecular complexity index is 692. The summed E-state index contributed by atoms with van der Waals surface area (Å²) in [7, 11) is 0. The highest BCUT2D eigenvalue weighted by Crippen LogP contribution is 2.02. The average molecular weight is 483 g/mol. The Morgan fingerprint density at radius 3 is 1.55 bits per heavy atom. The summed E-state index contributed by atoms with van der Waals surface area (Å²) in [5.74, 6) is -6.67. The van der Waals surface area contributed by atoms with Crippen molar-refractivity contribution in [3.05, 3.63) is 0 Å². The molecule has 0 aliphatic carbocycles. The van der Waals surface area contributed by atoms with E-state index in [0.717, 1.165) is 0 Å². The highest BCUT2D eigenvalue weighted by atomic mass is 32.1. The molecule has 0 aromatic heterocycles. The molecule has 3 amide bonds. The fourth-order valence-electron chi connectivity index (χ4n) is 2.13. The molecule has 8 N–H and O–H groups in total. The van der Waals surface area contributed by atoms with Gasteiger partial charge in [0.1, 0.15) is 24.2 Å². The number of nitrogens with two attached hydrogens (primary N) is 1. The van der Waals surface area contributed by atoms with E-state index in [1.165, 1.54) is 0 Å². The Morgan fingerprint density at radius 2 is 1.13 bits per heavy atom. The van der Waals surface area contributed by atoms with Crippen LogP contribution in [0.2, 0.25) is 0 Å². The van der Waals surface area contributed by atoms with Gasteiger partial charge in [0.25, 0.3) is 0 Å². The maximum atomic E-state index is 12.3. The molecule has 0 aromatic rings. The van der Waals surface area contributed by atoms with E-state index in [9.17, 15) is 33.9 Å². The number of thiol groups is 2. The molecule has 0 aromatic carbocycles. The summed E-state index contributed by atoms with van der Waals surface area (Å²) in [6.07, 6.45) is -1.17. The molecule has 15 heteroatoms. The summed E-state index contributed by atoms with van der Waals surface area (Å²) in [4.78, 5) is 68.9. The van der Waals surface area contributed by atoms with Crippen molar-refractivity contribution in [1.29, 1.82) is 0 Å². The standard InChI is InChI=1S/C16H26N4O9S2/c17-7(14(24)25)1-3-11(21)18-9(5-30)13(23)20-8(15(26)27)2-4-12(22)19-10(6-31)16(28)29/h7-10,30-31H,1-6,17H2,(H,18,21)(H,19,22)(H,20,23)(H,24,25)(H,26,27)(H,28,29)/t7-,8-,9-,10?/m0/s1. The minimum atomic E-state index is -1.49. The van der Waals surface area contributed by atoms with Crippen LogP contribution >= 0.6 is 25.3 Å². The van der Waals surface area contributed by atoms with Gasteiger partial charge in [0.15, 0.2) is 0 Å². The van der Waals surface area contributed by atoms with Crippen molar-refractivity contribution in [1.82, 2.24) is 16.0 Å². The van der Waals surface area contributed by atoms with Crippen LogP contribution in [-0.4, -0.2) is 86.6 Å². The van der Waals surface area contributed by atoms with Gasteiger partial charge >= 0.3 is 17.9 Å². The van der Waals surface area contributed by atoms with Crippen LogP contribution in [0.1, 0.15) is 25.7 Å². The van der Waals surface area contributed by atoms with Crippen molar-refractivity contribution >= 4 is 60.9 Å². The predicted octanol–water partition coefficient (Wildman–Crippen LogP) is -2.56. The van der Waals surface area contributed by atoms with Crippen molar-refractivity contribution in [2.24, 2.45) is 5.73 Å². The molecule has 0 saturated heterocycles. The Hall–Kier alpha value is -2.52. The molecule has 0 aliphatic heterocycles. The summed E-state index contributed by atoms with van der Waals surface area (Å²) in [6.45, 7) is 0. The summed E-state index contributed by atoms with van der Waals surface area (Å²) >= 11 is 7.72. The molecule has 0 aliphatic rings. The number of hydrogen-bond donors (Lipinski definition) is 9. The number of carboxylic acids is 3. The highest BCUT2D eigenvalue weighted by Gasteiger charge is 2.27. The number of amides is 3. The lowest BCUT2D eigenvalue weighted by Gasteiger charge is -2.20. The zero-order chi connectivity index (χ0) is 24.1. The molecule has 0 heterocycles. The summed E-state index contributed by atoms with van der Waals surface area (Å²) in [6, 6.07) is -5.20. The molecule has 31 heavy (non-hydrogen) atoms. The normalized spacial score (nSPS) is 14.4. The van der Waals surface area contributed by atoms with Gasteiger partial charge < -0.3 is 37.0 Å². The molecule has 1 unspecified atom stereocenters. The number of carbonyl (C=O) groups is 6. The van der Waals surface area contributed by atoms with Gasteiger partial charge in [0.2, 0.25) is 17.7 Å². The first kappa shape index (κ1) is 28.5. The fourth-order valence-corrected chi connectivity index (χ4v) is 2.63. The lowest BCUT2D eigenvalue weighted by atomic mass is 10.1. The van der Waals surface area contributed by atoms with Gasteiger partial charge in [-0.1, -0.05) is 0 Å². The van der Waals surface area contributed by atoms with Crippen LogP contribution in [0.4, 0.5) is 0 Å². The number of carboxylic acid groups (broad SMARTS) is 3. The van der Waals surface area contributed by atoms with Crippen LogP contribution in [0.5, 0.6) is 0 Å². The van der Waals surface area contributed by atoms with E-state index in [0.29, 0.717) is 0 Å². The van der Waals surface area contributed by atoms with Crippen LogP contribution in [0.15, 0.2) is 0 Å². The molecule has 0 saturated carbocycles. The van der Waals surface area contributed by atoms with Crippen LogP contribution in [0.25, 0.3) is 0 Å². The Kier molecular flexibility index (Phi) is 13.3. The van der Waals surface area contributed by atoms with Crippen LogP contribution < -0.4 is 21.7 Å². The van der Waals surface area contributed by atoms with E-state index in [-0.39, 0.29) is 37.2 Å². The average Bonchev–Trinajstić information content (AvgIpc) is 2.70. The van der Waals surface area contributed by atoms with Crippen molar-refractivity contribution in [3.8, 4) is 0 Å². The molecule has 0 rings (SSSR count). The van der Waals surface area contributed by atoms with Crippen LogP contribution in [-0.2, 0) is 28.8 Å². The van der Waals surface area contributed by atoms with Crippen LogP contribution in [0.3, 0.4) is 0 Å². The van der Waals surface area contributed by atoms with E-state index >= 15 is 0 Å². The van der Waals surface area contributed by atoms with Gasteiger partial charge in [-0.2, -0.15) is 25.3 Å². The van der Waals surface area contributed by atoms with Crippen molar-refractivity contribution in [2.45, 2.75) is 49.9 Å². The first-order chi connectivity index (χ1) is 14.4. The maximum Gasteiger partial charge on any atom is 0.327 e. The lowest BCUT2D eigenvalue weighted by molar-refractivity contribution is -0.143. The number of aliphatic carboxylic acids is 3. The highest BCUT2D eigenvalue weighted by molar-refractivity contribution is 7.80. The third-order valence-corrected chi connectivity index (χ3v) is 4.65. The fraction of sp³-hybridized carbons (Fsp3) is 0.625. The lowest BCUT2D eigenvalue weighted by Crippen LogP contribution is -2.53. The molecule has 0 bridgehead atoms. The zero-order valence-electron chi connectivity index (χ0n) is 16.3. The van der Waals surface area contributed by atoms with Gasteiger partial charge in [0, 0.05) is 24.3 Å². The predicted molar refractivity (Wildman–Crippen MR) is 113 cm³/mol. The molecule has 176 valence electrons. The first-order valence-electron chi connectivity index (χ1n) is 8.97. The summed E-state index contributed by atoms with van der Waals surface area (Å²) in [5.41, 5.74) is 5.29. The van der Waals surface area contributed by atoms with E-state index in [2.05, 4.69) is 41.2 Å². The monoisotopic (exact) mass is 482 g/mol. The second kappa shape index (κ2) is 14.5. The van der Waals surface area contributed by atoms with Crippen molar-refractivity contribution in [3.63, 3.8) is 0 Å². The first-order valence-corrected chi connectivity index (χ1v) is 10.2. The second-order valence-corrected chi connectivity index (χ2v) is 7.10. The van der Waals surface area contributed by atoms with Crippen molar-refractivity contribution in [2.75, 3.05) is 11.5 Å². The van der Waals surface area contributed by atoms with Gasteiger partial charge in [-0.3, -0.25) is 19.2 Å². The largest absolute Gasteiger partial charge is 0.480 e. The quantitative estimate of drug-likeness (QED) is 0.111. The zero-order valence-corrected chi connectivity index (χ0v) is 18.1. The summed E-state index contributed by atoms with van der Waals surface area (Å²) in [5, 5.41) is 33.4. The molecule has 0 spiro atoms. The maximum absolute atomic E-state index is 12.3. The minimum Gasteiger partial charge on any atom is -0.480 e. The molecular weight excluding hydrogens is 456 g/mol. The number of rotatable bonds is 15. The van der Waals surface area contributed by atoms with Gasteiger partial charge in [0.05, 0.1) is 0 Å². The third-order valence-electron chi connectivity index (χ3n) is 3.92. The molecule has 4 atom stereocenters. The molecule has 13 nitrogen and oxygen atoms in total. The van der Waals surface area contributed by atoms with E-state index in [1.54, 1.807) is 0 Å². The number of carbonyl (C=O) groups excluding carboxylic acids is 3. The van der Waals surface area contributed by atoms with Crippen molar-refractivity contribution < 1.29 is 44.1 Å². The van der Waals surface area contributed by atoms with Gasteiger partial charge in [-0.15, -0.1) is 0 Å². The van der Waals surface area contributed by atoms with E-state index in [4.69, 9.17) is 15.9 Å². The van der Waals surface area contributed by atoms with Gasteiger partial charge in [-0.05, 0) is 12.8 Å². The van der Waals surface area contributed by atoms with E-state index < -0.39 is 59.8 Å². The third kappa shape index (κ3) is 11.4. The van der Waals surface area contributed by atoms with E-state index in [1.807, 2.05) is 0 Å². The number of nitrogens with one attached hydrogen (secondary N) is 3. The molecular formula is C16H26N4O9S2. The number of hydrogen-bond acceptors (Lipinski definition) is 9. The molecule has 0 radical (unpaired) electrons. The topological polar surface area (TPSA) is 225 Å². The summed E-state index contributed by atoms with van der Waals surface area (Å²) < 4.78 is 0. The Labute approximate surface area is 188 Å². The Morgan fingerprint density at radius 1 is 0.677 bits per heavy atom. The molecule has 0 fully saturated rings. The smallest absolute Gasteiger partial charge is 0.327 e. The SMILES string of the molecule is N[C@@H](CCC(=O)N[C@@H](CS)C(=O)N[C@@H](CCC(=O)NC(CS)C(=O)O)C(=O)O)C(=O)O. The Balaban J connectivity index is 4.77. The minimum absolute atomic E-state index is 0.166.